The Morgan fingerprint density at radius 2 is 2.07 bits per heavy atom. The Balaban J connectivity index is 2.19. The van der Waals surface area contributed by atoms with Crippen molar-refractivity contribution in [3.8, 4) is 0 Å². The highest BCUT2D eigenvalue weighted by Crippen LogP contribution is 2.09. The summed E-state index contributed by atoms with van der Waals surface area (Å²) >= 11 is 0. The molecule has 0 spiro atoms. The van der Waals surface area contributed by atoms with Gasteiger partial charge >= 0.3 is 0 Å². The lowest BCUT2D eigenvalue weighted by Crippen LogP contribution is -1.97. The predicted octanol–water partition coefficient (Wildman–Crippen LogP) is 1.92. The molecule has 1 N–H and O–H groups in total. The van der Waals surface area contributed by atoms with Gasteiger partial charge in [-0.15, -0.1) is 0 Å². The van der Waals surface area contributed by atoms with Crippen molar-refractivity contribution in [3.05, 3.63) is 42.5 Å². The van der Waals surface area contributed by atoms with Crippen molar-refractivity contribution in [1.82, 2.24) is 15.0 Å². The van der Waals surface area contributed by atoms with Crippen LogP contribution in [0.5, 0.6) is 0 Å². The van der Waals surface area contributed by atoms with E-state index in [4.69, 9.17) is 0 Å². The van der Waals surface area contributed by atoms with Gasteiger partial charge in [0.25, 0.3) is 0 Å². The lowest BCUT2D eigenvalue weighted by atomic mass is 10.4. The minimum atomic E-state index is 0.712. The fraction of sp³-hybridized carbons (Fsp3) is 0.100. The van der Waals surface area contributed by atoms with Crippen LogP contribution in [0.1, 0.15) is 5.69 Å². The average Bonchev–Trinajstić information content (AvgIpc) is 2.19. The lowest BCUT2D eigenvalue weighted by Gasteiger charge is -2.03. The topological polar surface area (TPSA) is 50.7 Å². The van der Waals surface area contributed by atoms with Crippen LogP contribution in [0.25, 0.3) is 0 Å². The molecular formula is C10H10N4. The van der Waals surface area contributed by atoms with Crippen molar-refractivity contribution < 1.29 is 0 Å². The molecule has 2 rings (SSSR count). The molecule has 14 heavy (non-hydrogen) atoms. The Morgan fingerprint density at radius 1 is 1.14 bits per heavy atom. The van der Waals surface area contributed by atoms with Gasteiger partial charge in [0.15, 0.2) is 0 Å². The highest BCUT2D eigenvalue weighted by Gasteiger charge is 1.96. The maximum atomic E-state index is 4.25. The third-order valence-electron chi connectivity index (χ3n) is 1.68. The molecule has 0 aromatic carbocycles. The first-order chi connectivity index (χ1) is 6.84. The normalized spacial score (nSPS) is 9.79. The van der Waals surface area contributed by atoms with E-state index in [1.165, 1.54) is 0 Å². The molecule has 0 saturated carbocycles. The van der Waals surface area contributed by atoms with Crippen molar-refractivity contribution in [1.29, 1.82) is 0 Å². The Kier molecular flexibility index (Phi) is 2.36. The number of anilines is 2. The first-order valence-electron chi connectivity index (χ1n) is 4.31. The van der Waals surface area contributed by atoms with Crippen molar-refractivity contribution in [2.75, 3.05) is 5.32 Å². The van der Waals surface area contributed by atoms with Gasteiger partial charge in [-0.25, -0.2) is 9.97 Å². The molecule has 0 atom stereocenters. The standard InChI is InChI=1S/C10H10N4/c1-8-6-11-7-10(13-8)14-9-4-2-3-5-12-9/h2-7H,1H3,(H,12,13,14). The van der Waals surface area contributed by atoms with Crippen LogP contribution < -0.4 is 5.32 Å². The fourth-order valence-corrected chi connectivity index (χ4v) is 1.09. The second kappa shape index (κ2) is 3.83. The number of pyridine rings is 1. The number of aryl methyl sites for hydroxylation is 1. The quantitative estimate of drug-likeness (QED) is 0.778. The Bertz CT molecular complexity index is 413. The molecule has 70 valence electrons. The summed E-state index contributed by atoms with van der Waals surface area (Å²) in [4.78, 5) is 12.4. The predicted molar refractivity (Wildman–Crippen MR) is 54.3 cm³/mol. The Hall–Kier alpha value is -1.97. The molecule has 0 fully saturated rings. The van der Waals surface area contributed by atoms with E-state index in [2.05, 4.69) is 20.3 Å². The molecule has 2 aromatic heterocycles. The second-order valence-electron chi connectivity index (χ2n) is 2.89. The summed E-state index contributed by atoms with van der Waals surface area (Å²) in [5.41, 5.74) is 0.880. The zero-order valence-corrected chi connectivity index (χ0v) is 7.81. The smallest absolute Gasteiger partial charge is 0.150 e. The highest BCUT2D eigenvalue weighted by molar-refractivity contribution is 5.49. The van der Waals surface area contributed by atoms with E-state index >= 15 is 0 Å². The number of hydrogen-bond acceptors (Lipinski definition) is 4. The van der Waals surface area contributed by atoms with Crippen LogP contribution in [0.15, 0.2) is 36.8 Å². The molecule has 4 heteroatoms. The van der Waals surface area contributed by atoms with Gasteiger partial charge in [0.2, 0.25) is 0 Å². The first-order valence-corrected chi connectivity index (χ1v) is 4.31. The van der Waals surface area contributed by atoms with Crippen LogP contribution in [-0.4, -0.2) is 15.0 Å². The number of nitrogens with one attached hydrogen (secondary N) is 1. The summed E-state index contributed by atoms with van der Waals surface area (Å²) < 4.78 is 0. The summed E-state index contributed by atoms with van der Waals surface area (Å²) in [5, 5.41) is 3.06. The van der Waals surface area contributed by atoms with E-state index in [9.17, 15) is 0 Å². The number of nitrogens with zero attached hydrogens (tertiary/aromatic N) is 3. The van der Waals surface area contributed by atoms with Gasteiger partial charge in [-0.3, -0.25) is 4.98 Å². The summed E-state index contributed by atoms with van der Waals surface area (Å²) in [6.07, 6.45) is 5.11. The van der Waals surface area contributed by atoms with E-state index in [0.29, 0.717) is 5.82 Å². The molecule has 0 bridgehead atoms. The summed E-state index contributed by atoms with van der Waals surface area (Å²) in [6, 6.07) is 5.66. The van der Waals surface area contributed by atoms with Crippen LogP contribution in [0.2, 0.25) is 0 Å². The van der Waals surface area contributed by atoms with Gasteiger partial charge in [-0.2, -0.15) is 0 Å². The minimum absolute atomic E-state index is 0.712. The van der Waals surface area contributed by atoms with Gasteiger partial charge in [0.05, 0.1) is 11.9 Å². The van der Waals surface area contributed by atoms with E-state index in [0.717, 1.165) is 11.5 Å². The molecule has 2 aromatic rings. The summed E-state index contributed by atoms with van der Waals surface area (Å²) in [7, 11) is 0. The first kappa shape index (κ1) is 8.62. The molecule has 0 amide bonds. The van der Waals surface area contributed by atoms with E-state index in [-0.39, 0.29) is 0 Å². The van der Waals surface area contributed by atoms with Crippen molar-refractivity contribution in [2.24, 2.45) is 0 Å². The Labute approximate surface area is 82.1 Å². The largest absolute Gasteiger partial charge is 0.324 e. The Morgan fingerprint density at radius 3 is 2.79 bits per heavy atom. The highest BCUT2D eigenvalue weighted by atomic mass is 15.1. The molecule has 0 radical (unpaired) electrons. The molecule has 2 heterocycles. The monoisotopic (exact) mass is 186 g/mol. The molecule has 0 aliphatic carbocycles. The molecular weight excluding hydrogens is 176 g/mol. The van der Waals surface area contributed by atoms with E-state index < -0.39 is 0 Å². The maximum absolute atomic E-state index is 4.25. The van der Waals surface area contributed by atoms with Crippen LogP contribution in [0, 0.1) is 6.92 Å². The van der Waals surface area contributed by atoms with Crippen LogP contribution in [0.3, 0.4) is 0 Å². The third kappa shape index (κ3) is 2.04. The molecule has 0 unspecified atom stereocenters. The summed E-state index contributed by atoms with van der Waals surface area (Å²) in [6.45, 7) is 1.90. The van der Waals surface area contributed by atoms with Gasteiger partial charge in [0.1, 0.15) is 11.6 Å². The van der Waals surface area contributed by atoms with E-state index in [1.807, 2.05) is 25.1 Å². The van der Waals surface area contributed by atoms with Crippen LogP contribution >= 0.6 is 0 Å². The van der Waals surface area contributed by atoms with Crippen LogP contribution in [-0.2, 0) is 0 Å². The molecule has 0 saturated heterocycles. The van der Waals surface area contributed by atoms with Crippen molar-refractivity contribution in [2.45, 2.75) is 6.92 Å². The minimum Gasteiger partial charge on any atom is -0.324 e. The van der Waals surface area contributed by atoms with Gasteiger partial charge in [0, 0.05) is 12.4 Å². The third-order valence-corrected chi connectivity index (χ3v) is 1.68. The van der Waals surface area contributed by atoms with Crippen LogP contribution in [0.4, 0.5) is 11.6 Å². The average molecular weight is 186 g/mol. The lowest BCUT2D eigenvalue weighted by molar-refractivity contribution is 1.11. The number of hydrogen-bond donors (Lipinski definition) is 1. The van der Waals surface area contributed by atoms with Gasteiger partial charge in [-0.1, -0.05) is 6.07 Å². The SMILES string of the molecule is Cc1cncc(Nc2ccccn2)n1. The van der Waals surface area contributed by atoms with Gasteiger partial charge in [-0.05, 0) is 19.1 Å². The zero-order valence-electron chi connectivity index (χ0n) is 7.81. The number of aromatic nitrogens is 3. The van der Waals surface area contributed by atoms with E-state index in [1.54, 1.807) is 18.6 Å². The van der Waals surface area contributed by atoms with Gasteiger partial charge < -0.3 is 5.32 Å². The second-order valence-corrected chi connectivity index (χ2v) is 2.89. The maximum Gasteiger partial charge on any atom is 0.150 e. The molecule has 4 nitrogen and oxygen atoms in total. The number of rotatable bonds is 2. The fourth-order valence-electron chi connectivity index (χ4n) is 1.09. The molecule has 0 aliphatic heterocycles. The summed E-state index contributed by atoms with van der Waals surface area (Å²) in [5.74, 6) is 1.48. The van der Waals surface area contributed by atoms with Crippen molar-refractivity contribution >= 4 is 11.6 Å². The van der Waals surface area contributed by atoms with Crippen molar-refractivity contribution in [3.63, 3.8) is 0 Å². The zero-order chi connectivity index (χ0) is 9.80. The molecule has 0 aliphatic rings.